The van der Waals surface area contributed by atoms with E-state index in [-0.39, 0.29) is 24.5 Å². The van der Waals surface area contributed by atoms with Crippen molar-refractivity contribution in [2.24, 2.45) is 5.92 Å². The van der Waals surface area contributed by atoms with Crippen LogP contribution in [0.15, 0.2) is 30.3 Å². The average molecular weight is 247 g/mol. The molecule has 1 aliphatic rings. The lowest BCUT2D eigenvalue weighted by Crippen LogP contribution is -2.42. The molecule has 2 amide bonds. The quantitative estimate of drug-likeness (QED) is 0.822. The molecule has 0 N–H and O–H groups in total. The number of hydrogen-bond acceptors (Lipinski definition) is 3. The molecule has 1 atom stereocenters. The van der Waals surface area contributed by atoms with Crippen LogP contribution >= 0.6 is 0 Å². The van der Waals surface area contributed by atoms with Gasteiger partial charge in [-0.1, -0.05) is 44.2 Å². The zero-order valence-corrected chi connectivity index (χ0v) is 10.6. The Morgan fingerprint density at radius 2 is 2.06 bits per heavy atom. The Kier molecular flexibility index (Phi) is 3.65. The van der Waals surface area contributed by atoms with Crippen molar-refractivity contribution >= 4 is 12.0 Å². The van der Waals surface area contributed by atoms with E-state index in [0.29, 0.717) is 6.42 Å². The van der Waals surface area contributed by atoms with Gasteiger partial charge in [0, 0.05) is 5.92 Å². The molecule has 1 saturated heterocycles. The van der Waals surface area contributed by atoms with E-state index in [4.69, 9.17) is 4.74 Å². The maximum Gasteiger partial charge on any atom is 0.416 e. The topological polar surface area (TPSA) is 46.6 Å². The Labute approximate surface area is 107 Å². The summed E-state index contributed by atoms with van der Waals surface area (Å²) in [6.45, 7) is 3.85. The van der Waals surface area contributed by atoms with Gasteiger partial charge in [-0.05, 0) is 12.0 Å². The van der Waals surface area contributed by atoms with Crippen molar-refractivity contribution < 1.29 is 14.3 Å². The maximum absolute atomic E-state index is 12.0. The van der Waals surface area contributed by atoms with Gasteiger partial charge >= 0.3 is 6.09 Å². The van der Waals surface area contributed by atoms with Gasteiger partial charge in [-0.3, -0.25) is 4.79 Å². The van der Waals surface area contributed by atoms with Crippen LogP contribution in [-0.4, -0.2) is 29.5 Å². The summed E-state index contributed by atoms with van der Waals surface area (Å²) in [5, 5.41) is 0. The number of ether oxygens (including phenoxy) is 1. The Bertz CT molecular complexity index is 442. The van der Waals surface area contributed by atoms with Gasteiger partial charge < -0.3 is 4.74 Å². The van der Waals surface area contributed by atoms with Crippen LogP contribution in [0.2, 0.25) is 0 Å². The molecule has 0 radical (unpaired) electrons. The molecule has 96 valence electrons. The number of nitrogens with zero attached hydrogens (tertiary/aromatic N) is 1. The number of cyclic esters (lactones) is 1. The first-order valence-electron chi connectivity index (χ1n) is 6.13. The summed E-state index contributed by atoms with van der Waals surface area (Å²) < 4.78 is 4.99. The van der Waals surface area contributed by atoms with Crippen molar-refractivity contribution in [3.05, 3.63) is 35.9 Å². The smallest absolute Gasteiger partial charge is 0.416 e. The third-order valence-electron chi connectivity index (χ3n) is 3.01. The molecule has 1 fully saturated rings. The summed E-state index contributed by atoms with van der Waals surface area (Å²) in [6.07, 6.45) is 0.125. The molecule has 1 aromatic rings. The van der Waals surface area contributed by atoms with E-state index in [1.807, 2.05) is 30.3 Å². The Hall–Kier alpha value is -1.84. The highest BCUT2D eigenvalue weighted by Gasteiger charge is 2.38. The standard InChI is InChI=1S/C14H17NO3/c1-10(2)13(16)15-12(9-18-14(15)17)8-11-6-4-3-5-7-11/h3-7,10,12H,8-9H2,1-2H3/t12-/m0/s1. The number of rotatable bonds is 3. The molecule has 0 unspecified atom stereocenters. The second-order valence-corrected chi connectivity index (χ2v) is 4.78. The molecular weight excluding hydrogens is 230 g/mol. The normalized spacial score (nSPS) is 19.2. The fourth-order valence-electron chi connectivity index (χ4n) is 2.05. The fourth-order valence-corrected chi connectivity index (χ4v) is 2.05. The summed E-state index contributed by atoms with van der Waals surface area (Å²) in [7, 11) is 0. The molecule has 0 spiro atoms. The number of benzene rings is 1. The number of carbonyl (C=O) groups is 2. The predicted molar refractivity (Wildman–Crippen MR) is 67.0 cm³/mol. The van der Waals surface area contributed by atoms with Gasteiger partial charge in [-0.25, -0.2) is 9.69 Å². The molecule has 4 heteroatoms. The third kappa shape index (κ3) is 2.53. The molecule has 1 heterocycles. The van der Waals surface area contributed by atoms with E-state index >= 15 is 0 Å². The molecule has 0 aromatic heterocycles. The van der Waals surface area contributed by atoms with E-state index in [2.05, 4.69) is 0 Å². The second-order valence-electron chi connectivity index (χ2n) is 4.78. The van der Waals surface area contributed by atoms with Crippen LogP contribution < -0.4 is 0 Å². The lowest BCUT2D eigenvalue weighted by molar-refractivity contribution is -0.132. The van der Waals surface area contributed by atoms with Crippen molar-refractivity contribution in [2.75, 3.05) is 6.61 Å². The van der Waals surface area contributed by atoms with E-state index in [9.17, 15) is 9.59 Å². The zero-order valence-electron chi connectivity index (χ0n) is 10.6. The zero-order chi connectivity index (χ0) is 13.1. The number of hydrogen-bond donors (Lipinski definition) is 0. The van der Waals surface area contributed by atoms with Crippen molar-refractivity contribution in [3.8, 4) is 0 Å². The van der Waals surface area contributed by atoms with Crippen LogP contribution in [-0.2, 0) is 16.0 Å². The molecule has 0 bridgehead atoms. The first-order chi connectivity index (χ1) is 8.59. The second kappa shape index (κ2) is 5.21. The third-order valence-corrected chi connectivity index (χ3v) is 3.01. The Balaban J connectivity index is 2.12. The van der Waals surface area contributed by atoms with Gasteiger partial charge in [0.2, 0.25) is 5.91 Å². The molecular formula is C14H17NO3. The van der Waals surface area contributed by atoms with Crippen molar-refractivity contribution in [3.63, 3.8) is 0 Å². The first-order valence-corrected chi connectivity index (χ1v) is 6.13. The molecule has 0 aliphatic carbocycles. The summed E-state index contributed by atoms with van der Waals surface area (Å²) in [4.78, 5) is 24.8. The van der Waals surface area contributed by atoms with Crippen LogP contribution in [0.25, 0.3) is 0 Å². The van der Waals surface area contributed by atoms with Crippen LogP contribution in [0.5, 0.6) is 0 Å². The maximum atomic E-state index is 12.0. The summed E-state index contributed by atoms with van der Waals surface area (Å²) >= 11 is 0. The molecule has 2 rings (SSSR count). The van der Waals surface area contributed by atoms with Crippen molar-refractivity contribution in [1.82, 2.24) is 4.90 Å². The summed E-state index contributed by atoms with van der Waals surface area (Å²) in [5.74, 6) is -0.368. The number of amides is 2. The van der Waals surface area contributed by atoms with Gasteiger partial charge in [-0.15, -0.1) is 0 Å². The van der Waals surface area contributed by atoms with Crippen molar-refractivity contribution in [1.29, 1.82) is 0 Å². The molecule has 1 aliphatic heterocycles. The minimum atomic E-state index is -0.519. The van der Waals surface area contributed by atoms with Crippen molar-refractivity contribution in [2.45, 2.75) is 26.3 Å². The average Bonchev–Trinajstić information content (AvgIpc) is 2.71. The van der Waals surface area contributed by atoms with Gasteiger partial charge in [0.05, 0.1) is 6.04 Å². The molecule has 0 saturated carbocycles. The minimum Gasteiger partial charge on any atom is -0.447 e. The highest BCUT2D eigenvalue weighted by Crippen LogP contribution is 2.19. The van der Waals surface area contributed by atoms with E-state index < -0.39 is 6.09 Å². The largest absolute Gasteiger partial charge is 0.447 e. The van der Waals surface area contributed by atoms with Crippen LogP contribution in [0, 0.1) is 5.92 Å². The van der Waals surface area contributed by atoms with Crippen LogP contribution in [0.4, 0.5) is 4.79 Å². The summed E-state index contributed by atoms with van der Waals surface area (Å²) in [5.41, 5.74) is 1.10. The number of imide groups is 1. The molecule has 1 aromatic carbocycles. The lowest BCUT2D eigenvalue weighted by Gasteiger charge is -2.21. The van der Waals surface area contributed by atoms with E-state index in [1.165, 1.54) is 4.90 Å². The molecule has 4 nitrogen and oxygen atoms in total. The highest BCUT2D eigenvalue weighted by molar-refractivity contribution is 5.94. The van der Waals surface area contributed by atoms with Gasteiger partial charge in [0.15, 0.2) is 0 Å². The minimum absolute atomic E-state index is 0.168. The van der Waals surface area contributed by atoms with E-state index in [1.54, 1.807) is 13.8 Å². The summed E-state index contributed by atoms with van der Waals surface area (Å²) in [6, 6.07) is 9.62. The van der Waals surface area contributed by atoms with E-state index in [0.717, 1.165) is 5.56 Å². The van der Waals surface area contributed by atoms with Crippen LogP contribution in [0.3, 0.4) is 0 Å². The number of carbonyl (C=O) groups excluding carboxylic acids is 2. The SMILES string of the molecule is CC(C)C(=O)N1C(=O)OC[C@@H]1Cc1ccccc1. The molecule has 18 heavy (non-hydrogen) atoms. The van der Waals surface area contributed by atoms with Gasteiger partial charge in [0.25, 0.3) is 0 Å². The monoisotopic (exact) mass is 247 g/mol. The Morgan fingerprint density at radius 3 is 2.67 bits per heavy atom. The lowest BCUT2D eigenvalue weighted by atomic mass is 10.0. The Morgan fingerprint density at radius 1 is 1.39 bits per heavy atom. The van der Waals surface area contributed by atoms with Gasteiger partial charge in [0.1, 0.15) is 6.61 Å². The van der Waals surface area contributed by atoms with Crippen LogP contribution in [0.1, 0.15) is 19.4 Å². The van der Waals surface area contributed by atoms with Gasteiger partial charge in [-0.2, -0.15) is 0 Å². The first kappa shape index (κ1) is 12.6. The predicted octanol–water partition coefficient (Wildman–Crippen LogP) is 2.23. The highest BCUT2D eigenvalue weighted by atomic mass is 16.6. The fraction of sp³-hybridized carbons (Fsp3) is 0.429.